The van der Waals surface area contributed by atoms with Gasteiger partial charge in [-0.25, -0.2) is 13.2 Å². The van der Waals surface area contributed by atoms with Gasteiger partial charge in [0, 0.05) is 18.6 Å². The average molecular weight is 259 g/mol. The van der Waals surface area contributed by atoms with Crippen molar-refractivity contribution in [2.45, 2.75) is 19.4 Å². The second-order valence-electron chi connectivity index (χ2n) is 4.46. The number of hydrogen-bond acceptors (Lipinski definition) is 2. The zero-order valence-electron chi connectivity index (χ0n) is 10.2. The van der Waals surface area contributed by atoms with Crippen LogP contribution in [-0.4, -0.2) is 19.8 Å². The number of nitrogens with one attached hydrogen (secondary N) is 1. The van der Waals surface area contributed by atoms with E-state index >= 15 is 0 Å². The van der Waals surface area contributed by atoms with Crippen molar-refractivity contribution in [3.05, 3.63) is 35.1 Å². The molecule has 0 aliphatic carbocycles. The lowest BCUT2D eigenvalue weighted by Gasteiger charge is -2.24. The summed E-state index contributed by atoms with van der Waals surface area (Å²) >= 11 is 0. The monoisotopic (exact) mass is 259 g/mol. The van der Waals surface area contributed by atoms with E-state index in [1.54, 1.807) is 0 Å². The summed E-state index contributed by atoms with van der Waals surface area (Å²) in [4.78, 5) is 0. The minimum Gasteiger partial charge on any atom is -0.381 e. The quantitative estimate of drug-likeness (QED) is 0.839. The van der Waals surface area contributed by atoms with E-state index in [0.29, 0.717) is 25.3 Å². The Hall–Kier alpha value is -1.07. The lowest BCUT2D eigenvalue weighted by Crippen LogP contribution is -2.29. The fourth-order valence-electron chi connectivity index (χ4n) is 2.35. The number of halogens is 3. The summed E-state index contributed by atoms with van der Waals surface area (Å²) in [6.45, 7) is 3.79. The first-order valence-electron chi connectivity index (χ1n) is 6.09. The van der Waals surface area contributed by atoms with Crippen LogP contribution in [0.25, 0.3) is 0 Å². The first-order valence-corrected chi connectivity index (χ1v) is 6.09. The molecule has 2 rings (SSSR count). The van der Waals surface area contributed by atoms with Crippen LogP contribution >= 0.6 is 0 Å². The second-order valence-corrected chi connectivity index (χ2v) is 4.46. The number of benzene rings is 1. The molecule has 0 bridgehead atoms. The van der Waals surface area contributed by atoms with Gasteiger partial charge >= 0.3 is 0 Å². The lowest BCUT2D eigenvalue weighted by molar-refractivity contribution is 0.177. The van der Waals surface area contributed by atoms with Gasteiger partial charge in [-0.15, -0.1) is 0 Å². The van der Waals surface area contributed by atoms with Crippen molar-refractivity contribution in [1.29, 1.82) is 0 Å². The largest absolute Gasteiger partial charge is 0.381 e. The fraction of sp³-hybridized carbons (Fsp3) is 0.538. The van der Waals surface area contributed by atoms with Gasteiger partial charge < -0.3 is 10.1 Å². The molecule has 18 heavy (non-hydrogen) atoms. The van der Waals surface area contributed by atoms with Gasteiger partial charge in [-0.3, -0.25) is 0 Å². The molecule has 1 N–H and O–H groups in total. The molecule has 1 aliphatic rings. The van der Waals surface area contributed by atoms with Gasteiger partial charge in [-0.1, -0.05) is 6.92 Å². The van der Waals surface area contributed by atoms with Crippen LogP contribution in [0.15, 0.2) is 12.1 Å². The molecule has 2 unspecified atom stereocenters. The van der Waals surface area contributed by atoms with Gasteiger partial charge in [0.05, 0.1) is 6.61 Å². The molecule has 5 heteroatoms. The number of rotatable bonds is 4. The SMILES string of the molecule is CCNC(c1cc(F)c(F)c(F)c1)C1CCOC1. The molecule has 1 aromatic rings. The van der Waals surface area contributed by atoms with Gasteiger partial charge in [0.2, 0.25) is 0 Å². The third-order valence-electron chi connectivity index (χ3n) is 3.23. The minimum absolute atomic E-state index is 0.161. The molecule has 1 aliphatic heterocycles. The maximum atomic E-state index is 13.3. The van der Waals surface area contributed by atoms with Crippen LogP contribution in [0.1, 0.15) is 24.9 Å². The van der Waals surface area contributed by atoms with E-state index in [1.165, 1.54) is 0 Å². The molecule has 1 fully saturated rings. The molecular formula is C13H16F3NO. The molecule has 1 aromatic carbocycles. The fourth-order valence-corrected chi connectivity index (χ4v) is 2.35. The Morgan fingerprint density at radius 3 is 2.50 bits per heavy atom. The summed E-state index contributed by atoms with van der Waals surface area (Å²) in [5.74, 6) is -3.55. The van der Waals surface area contributed by atoms with E-state index in [0.717, 1.165) is 18.6 Å². The average Bonchev–Trinajstić information content (AvgIpc) is 2.86. The third-order valence-corrected chi connectivity index (χ3v) is 3.23. The number of hydrogen-bond donors (Lipinski definition) is 1. The Morgan fingerprint density at radius 1 is 1.33 bits per heavy atom. The summed E-state index contributed by atoms with van der Waals surface area (Å²) in [5, 5.41) is 3.18. The maximum Gasteiger partial charge on any atom is 0.194 e. The van der Waals surface area contributed by atoms with Crippen molar-refractivity contribution < 1.29 is 17.9 Å². The third kappa shape index (κ3) is 2.67. The van der Waals surface area contributed by atoms with E-state index < -0.39 is 17.5 Å². The molecular weight excluding hydrogens is 243 g/mol. The Morgan fingerprint density at radius 2 is 2.00 bits per heavy atom. The molecule has 0 radical (unpaired) electrons. The highest BCUT2D eigenvalue weighted by atomic mass is 19.2. The van der Waals surface area contributed by atoms with Crippen LogP contribution in [0, 0.1) is 23.4 Å². The molecule has 100 valence electrons. The summed E-state index contributed by atoms with van der Waals surface area (Å²) < 4.78 is 44.7. The van der Waals surface area contributed by atoms with Crippen LogP contribution in [0.4, 0.5) is 13.2 Å². The van der Waals surface area contributed by atoms with Crippen molar-refractivity contribution in [2.24, 2.45) is 5.92 Å². The standard InChI is InChI=1S/C13H16F3NO/c1-2-17-13(8-3-4-18-7-8)9-5-10(14)12(16)11(15)6-9/h5-6,8,13,17H,2-4,7H2,1H3. The van der Waals surface area contributed by atoms with Crippen LogP contribution in [0.5, 0.6) is 0 Å². The van der Waals surface area contributed by atoms with Crippen molar-refractivity contribution in [2.75, 3.05) is 19.8 Å². The van der Waals surface area contributed by atoms with E-state index in [2.05, 4.69) is 5.32 Å². The highest BCUT2D eigenvalue weighted by Gasteiger charge is 2.28. The zero-order chi connectivity index (χ0) is 13.1. The first kappa shape index (κ1) is 13.4. The van der Waals surface area contributed by atoms with Crippen LogP contribution in [-0.2, 0) is 4.74 Å². The van der Waals surface area contributed by atoms with Crippen molar-refractivity contribution in [3.8, 4) is 0 Å². The maximum absolute atomic E-state index is 13.3. The summed E-state index contributed by atoms with van der Waals surface area (Å²) in [6.07, 6.45) is 0.832. The van der Waals surface area contributed by atoms with E-state index in [1.807, 2.05) is 6.92 Å². The smallest absolute Gasteiger partial charge is 0.194 e. The highest BCUT2D eigenvalue weighted by molar-refractivity contribution is 5.23. The lowest BCUT2D eigenvalue weighted by atomic mass is 9.92. The zero-order valence-corrected chi connectivity index (χ0v) is 10.2. The molecule has 1 saturated heterocycles. The molecule has 2 atom stereocenters. The summed E-state index contributed by atoms with van der Waals surface area (Å²) in [6, 6.07) is 1.91. The second kappa shape index (κ2) is 5.71. The Labute approximate surface area is 104 Å². The van der Waals surface area contributed by atoms with Crippen molar-refractivity contribution >= 4 is 0 Å². The van der Waals surface area contributed by atoms with Crippen LogP contribution < -0.4 is 5.32 Å². The van der Waals surface area contributed by atoms with Crippen LogP contribution in [0.3, 0.4) is 0 Å². The summed E-state index contributed by atoms with van der Waals surface area (Å²) in [5.41, 5.74) is 0.434. The van der Waals surface area contributed by atoms with Gasteiger partial charge in [-0.2, -0.15) is 0 Å². The highest BCUT2D eigenvalue weighted by Crippen LogP contribution is 2.30. The van der Waals surface area contributed by atoms with E-state index in [-0.39, 0.29) is 12.0 Å². The Kier molecular flexibility index (Phi) is 4.24. The Balaban J connectivity index is 2.29. The molecule has 1 heterocycles. The predicted octanol–water partition coefficient (Wildman–Crippen LogP) is 2.79. The topological polar surface area (TPSA) is 21.3 Å². The first-order chi connectivity index (χ1) is 8.63. The summed E-state index contributed by atoms with van der Waals surface area (Å²) in [7, 11) is 0. The van der Waals surface area contributed by atoms with Gasteiger partial charge in [0.1, 0.15) is 0 Å². The molecule has 0 saturated carbocycles. The predicted molar refractivity (Wildman–Crippen MR) is 61.7 cm³/mol. The van der Waals surface area contributed by atoms with Gasteiger partial charge in [-0.05, 0) is 30.7 Å². The number of ether oxygens (including phenoxy) is 1. The van der Waals surface area contributed by atoms with Crippen molar-refractivity contribution in [3.63, 3.8) is 0 Å². The van der Waals surface area contributed by atoms with Gasteiger partial charge in [0.15, 0.2) is 17.5 Å². The normalized spacial score (nSPS) is 21.2. The molecule has 0 aromatic heterocycles. The van der Waals surface area contributed by atoms with Gasteiger partial charge in [0.25, 0.3) is 0 Å². The molecule has 2 nitrogen and oxygen atoms in total. The minimum atomic E-state index is -1.42. The van der Waals surface area contributed by atoms with E-state index in [4.69, 9.17) is 4.74 Å². The van der Waals surface area contributed by atoms with E-state index in [9.17, 15) is 13.2 Å². The molecule has 0 amide bonds. The molecule has 0 spiro atoms. The van der Waals surface area contributed by atoms with Crippen molar-refractivity contribution in [1.82, 2.24) is 5.32 Å². The Bertz CT molecular complexity index is 396. The van der Waals surface area contributed by atoms with Crippen LogP contribution in [0.2, 0.25) is 0 Å².